The third-order valence-electron chi connectivity index (χ3n) is 9.86. The van der Waals surface area contributed by atoms with Crippen LogP contribution < -0.4 is 0 Å². The zero-order chi connectivity index (χ0) is 33.5. The number of nitrogens with zero attached hydrogens (tertiary/aromatic N) is 4. The summed E-state index contributed by atoms with van der Waals surface area (Å²) in [5.41, 5.74) is 8.08. The summed E-state index contributed by atoms with van der Waals surface area (Å²) >= 11 is 1.79. The summed E-state index contributed by atoms with van der Waals surface area (Å²) < 4.78 is 10.9. The van der Waals surface area contributed by atoms with E-state index in [9.17, 15) is 0 Å². The minimum absolute atomic E-state index is 0.620. The highest BCUT2D eigenvalue weighted by Crippen LogP contribution is 2.44. The van der Waals surface area contributed by atoms with Crippen molar-refractivity contribution in [3.05, 3.63) is 158 Å². The monoisotopic (exact) mass is 670 g/mol. The number of hydrogen-bond donors (Lipinski definition) is 0. The van der Waals surface area contributed by atoms with Gasteiger partial charge >= 0.3 is 0 Å². The van der Waals surface area contributed by atoms with Gasteiger partial charge in [-0.15, -0.1) is 11.3 Å². The molecule has 0 aliphatic rings. The van der Waals surface area contributed by atoms with Gasteiger partial charge in [-0.25, -0.2) is 15.0 Å². The zero-order valence-corrected chi connectivity index (χ0v) is 27.9. The van der Waals surface area contributed by atoms with Crippen molar-refractivity contribution in [1.29, 1.82) is 0 Å². The maximum Gasteiger partial charge on any atom is 0.165 e. The van der Waals surface area contributed by atoms with Crippen LogP contribution in [0.4, 0.5) is 0 Å². The molecule has 0 fully saturated rings. The van der Waals surface area contributed by atoms with Crippen LogP contribution in [0.15, 0.2) is 162 Å². The molecule has 5 nitrogen and oxygen atoms in total. The molecule has 0 aliphatic heterocycles. The number of benzene rings is 7. The van der Waals surface area contributed by atoms with E-state index in [4.69, 9.17) is 19.4 Å². The molecule has 0 bridgehead atoms. The average Bonchev–Trinajstić information content (AvgIpc) is 3.87. The quantitative estimate of drug-likeness (QED) is 0.187. The second kappa shape index (κ2) is 10.9. The van der Waals surface area contributed by atoms with Gasteiger partial charge in [-0.05, 0) is 54.6 Å². The first kappa shape index (κ1) is 28.2. The average molecular weight is 671 g/mol. The van der Waals surface area contributed by atoms with Crippen molar-refractivity contribution in [2.24, 2.45) is 0 Å². The van der Waals surface area contributed by atoms with Gasteiger partial charge in [0.1, 0.15) is 11.2 Å². The van der Waals surface area contributed by atoms with E-state index >= 15 is 0 Å². The number of fused-ring (bicyclic) bond motifs is 9. The Hall–Kier alpha value is -6.63. The fraction of sp³-hybridized carbons (Fsp3) is 0. The summed E-state index contributed by atoms with van der Waals surface area (Å²) in [6, 6.07) is 54.9. The molecule has 51 heavy (non-hydrogen) atoms. The van der Waals surface area contributed by atoms with Crippen LogP contribution in [0.25, 0.3) is 104 Å². The normalized spacial score (nSPS) is 11.9. The van der Waals surface area contributed by atoms with Crippen molar-refractivity contribution in [3.8, 4) is 39.9 Å². The molecule has 0 N–H and O–H groups in total. The van der Waals surface area contributed by atoms with Crippen LogP contribution in [0.2, 0.25) is 0 Å². The molecular weight excluding hydrogens is 645 g/mol. The highest BCUT2D eigenvalue weighted by Gasteiger charge is 2.20. The van der Waals surface area contributed by atoms with Gasteiger partial charge in [0.2, 0.25) is 0 Å². The van der Waals surface area contributed by atoms with E-state index < -0.39 is 0 Å². The molecule has 238 valence electrons. The number of thiophene rings is 1. The molecule has 0 radical (unpaired) electrons. The van der Waals surface area contributed by atoms with Crippen LogP contribution in [0.5, 0.6) is 0 Å². The first-order valence-corrected chi connectivity index (χ1v) is 17.8. The highest BCUT2D eigenvalue weighted by atomic mass is 32.1. The van der Waals surface area contributed by atoms with Crippen LogP contribution in [-0.2, 0) is 0 Å². The predicted octanol–water partition coefficient (Wildman–Crippen LogP) is 12.2. The first-order valence-electron chi connectivity index (χ1n) is 16.9. The molecule has 0 atom stereocenters. The topological polar surface area (TPSA) is 56.7 Å². The van der Waals surface area contributed by atoms with Crippen molar-refractivity contribution in [1.82, 2.24) is 19.5 Å². The lowest BCUT2D eigenvalue weighted by Gasteiger charge is -2.11. The van der Waals surface area contributed by atoms with Gasteiger partial charge in [-0.3, -0.25) is 0 Å². The van der Waals surface area contributed by atoms with Crippen LogP contribution in [0.3, 0.4) is 0 Å². The minimum atomic E-state index is 0.620. The van der Waals surface area contributed by atoms with E-state index in [0.29, 0.717) is 17.5 Å². The Morgan fingerprint density at radius 1 is 0.451 bits per heavy atom. The SMILES string of the molecule is c1ccc(-c2nc(-c3ccc4oc5ccccc5c4c3)nc(-c3cccc4c3sc3cccc(-n5c6ccccc6c6ccccc65)c34)n2)cc1. The van der Waals surface area contributed by atoms with Crippen LogP contribution in [-0.4, -0.2) is 19.5 Å². The lowest BCUT2D eigenvalue weighted by Crippen LogP contribution is -2.00. The summed E-state index contributed by atoms with van der Waals surface area (Å²) in [7, 11) is 0. The minimum Gasteiger partial charge on any atom is -0.456 e. The number of aromatic nitrogens is 4. The van der Waals surface area contributed by atoms with Crippen LogP contribution in [0, 0.1) is 0 Å². The number of para-hydroxylation sites is 3. The van der Waals surface area contributed by atoms with E-state index in [0.717, 1.165) is 49.0 Å². The third-order valence-corrected chi connectivity index (χ3v) is 11.1. The Morgan fingerprint density at radius 3 is 1.88 bits per heavy atom. The van der Waals surface area contributed by atoms with Crippen molar-refractivity contribution in [2.75, 3.05) is 0 Å². The second-order valence-corrected chi connectivity index (χ2v) is 13.8. The van der Waals surface area contributed by atoms with E-state index in [1.54, 1.807) is 11.3 Å². The third kappa shape index (κ3) is 4.30. The molecule has 6 heteroatoms. The maximum absolute atomic E-state index is 6.14. The molecule has 11 aromatic rings. The summed E-state index contributed by atoms with van der Waals surface area (Å²) in [5, 5.41) is 7.01. The summed E-state index contributed by atoms with van der Waals surface area (Å²) in [4.78, 5) is 15.4. The standard InChI is InChI=1S/C45H26N4OS/c1-2-12-27(13-3-1)43-46-44(28-24-25-39-34(26-28)31-16-6-9-22-38(31)50-39)48-45(47-43)33-18-10-17-32-41-37(21-11-23-40(41)51-42(32)33)49-35-19-7-4-14-29(35)30-15-5-8-20-36(30)49/h1-26H. The number of rotatable bonds is 4. The van der Waals surface area contributed by atoms with Gasteiger partial charge < -0.3 is 8.98 Å². The second-order valence-electron chi connectivity index (χ2n) is 12.8. The van der Waals surface area contributed by atoms with Gasteiger partial charge in [0.15, 0.2) is 17.5 Å². The fourth-order valence-electron chi connectivity index (χ4n) is 7.58. The van der Waals surface area contributed by atoms with Gasteiger partial charge in [0, 0.05) is 58.4 Å². The summed E-state index contributed by atoms with van der Waals surface area (Å²) in [6.07, 6.45) is 0. The van der Waals surface area contributed by atoms with E-state index in [1.165, 1.54) is 37.3 Å². The molecule has 0 saturated carbocycles. The molecule has 0 unspecified atom stereocenters. The maximum atomic E-state index is 6.14. The Balaban J connectivity index is 1.16. The van der Waals surface area contributed by atoms with E-state index in [2.05, 4.69) is 102 Å². The Labute approximate surface area is 295 Å². The summed E-state index contributed by atoms with van der Waals surface area (Å²) in [6.45, 7) is 0. The number of hydrogen-bond acceptors (Lipinski definition) is 5. The molecule has 0 spiro atoms. The smallest absolute Gasteiger partial charge is 0.165 e. The Kier molecular flexibility index (Phi) is 6.05. The molecule has 4 heterocycles. The molecule has 0 saturated heterocycles. The molecular formula is C45H26N4OS. The molecule has 4 aromatic heterocycles. The highest BCUT2D eigenvalue weighted by molar-refractivity contribution is 7.26. The summed E-state index contributed by atoms with van der Waals surface area (Å²) in [5.74, 6) is 1.90. The first-order chi connectivity index (χ1) is 25.3. The van der Waals surface area contributed by atoms with E-state index in [-0.39, 0.29) is 0 Å². The lowest BCUT2D eigenvalue weighted by atomic mass is 10.1. The van der Waals surface area contributed by atoms with Crippen molar-refractivity contribution in [3.63, 3.8) is 0 Å². The lowest BCUT2D eigenvalue weighted by molar-refractivity contribution is 0.669. The van der Waals surface area contributed by atoms with Gasteiger partial charge in [-0.2, -0.15) is 0 Å². The largest absolute Gasteiger partial charge is 0.456 e. The molecule has 0 amide bonds. The predicted molar refractivity (Wildman–Crippen MR) is 211 cm³/mol. The van der Waals surface area contributed by atoms with Crippen LogP contribution >= 0.6 is 11.3 Å². The van der Waals surface area contributed by atoms with Gasteiger partial charge in [0.05, 0.1) is 16.7 Å². The van der Waals surface area contributed by atoms with Crippen molar-refractivity contribution < 1.29 is 4.42 Å². The van der Waals surface area contributed by atoms with Gasteiger partial charge in [-0.1, -0.05) is 103 Å². The van der Waals surface area contributed by atoms with Crippen LogP contribution in [0.1, 0.15) is 0 Å². The zero-order valence-electron chi connectivity index (χ0n) is 27.1. The van der Waals surface area contributed by atoms with Gasteiger partial charge in [0.25, 0.3) is 0 Å². The Morgan fingerprint density at radius 2 is 1.08 bits per heavy atom. The van der Waals surface area contributed by atoms with Crippen molar-refractivity contribution >= 4 is 75.3 Å². The van der Waals surface area contributed by atoms with E-state index in [1.807, 2.05) is 60.7 Å². The molecule has 0 aliphatic carbocycles. The fourth-order valence-corrected chi connectivity index (χ4v) is 8.81. The molecule has 11 rings (SSSR count). The van der Waals surface area contributed by atoms with Crippen molar-refractivity contribution in [2.45, 2.75) is 0 Å². The number of furan rings is 1. The molecule has 7 aromatic carbocycles. The Bertz CT molecular complexity index is 3100.